The van der Waals surface area contributed by atoms with E-state index in [0.717, 1.165) is 60.4 Å². The first kappa shape index (κ1) is 28.1. The van der Waals surface area contributed by atoms with Gasteiger partial charge in [-0.2, -0.15) is 4.31 Å². The molecule has 8 nitrogen and oxygen atoms in total. The van der Waals surface area contributed by atoms with Crippen LogP contribution >= 0.6 is 0 Å². The predicted octanol–water partition coefficient (Wildman–Crippen LogP) is 4.67. The summed E-state index contributed by atoms with van der Waals surface area (Å²) in [6.07, 6.45) is 2.43. The molecule has 0 bridgehead atoms. The van der Waals surface area contributed by atoms with E-state index < -0.39 is 10.0 Å². The molecule has 212 valence electrons. The normalized spacial score (nSPS) is 15.2. The number of aromatic amines is 1. The molecule has 0 unspecified atom stereocenters. The highest BCUT2D eigenvalue weighted by Gasteiger charge is 2.24. The number of hydrogen-bond donors (Lipinski definition) is 1. The maximum absolute atomic E-state index is 13.0. The van der Waals surface area contributed by atoms with E-state index in [1.807, 2.05) is 79.1 Å². The first-order chi connectivity index (χ1) is 19.4. The summed E-state index contributed by atoms with van der Waals surface area (Å²) >= 11 is 0. The quantitative estimate of drug-likeness (QED) is 0.287. The molecule has 4 aromatic rings. The largest absolute Gasteiger partial charge is 0.492 e. The first-order valence-electron chi connectivity index (χ1n) is 14.1. The highest BCUT2D eigenvalue weighted by molar-refractivity contribution is 7.89. The molecule has 1 aliphatic heterocycles. The molecule has 0 atom stereocenters. The van der Waals surface area contributed by atoms with Crippen molar-refractivity contribution in [3.63, 3.8) is 0 Å². The van der Waals surface area contributed by atoms with E-state index in [4.69, 9.17) is 4.74 Å². The molecule has 1 saturated heterocycles. The summed E-state index contributed by atoms with van der Waals surface area (Å²) in [6.45, 7) is 7.78. The van der Waals surface area contributed by atoms with Crippen molar-refractivity contribution < 1.29 is 13.2 Å². The molecular weight excluding hydrogens is 524 g/mol. The minimum atomic E-state index is -3.51. The van der Waals surface area contributed by atoms with Crippen LogP contribution in [0.15, 0.2) is 82.5 Å². The minimum absolute atomic E-state index is 0.0317. The Morgan fingerprint density at radius 1 is 0.950 bits per heavy atom. The third-order valence-electron chi connectivity index (χ3n) is 7.82. The van der Waals surface area contributed by atoms with Gasteiger partial charge in [0.25, 0.3) is 0 Å². The number of ether oxygens (including phenoxy) is 1. The monoisotopic (exact) mass is 562 g/mol. The van der Waals surface area contributed by atoms with E-state index in [0.29, 0.717) is 31.0 Å². The van der Waals surface area contributed by atoms with Crippen LogP contribution < -0.4 is 10.4 Å². The van der Waals surface area contributed by atoms with Crippen molar-refractivity contribution in [1.82, 2.24) is 18.8 Å². The molecular formula is C31H38N4O4S. The van der Waals surface area contributed by atoms with Gasteiger partial charge >= 0.3 is 5.69 Å². The highest BCUT2D eigenvalue weighted by Crippen LogP contribution is 2.26. The molecule has 2 heterocycles. The van der Waals surface area contributed by atoms with E-state index in [1.54, 1.807) is 12.1 Å². The van der Waals surface area contributed by atoms with Crippen LogP contribution in [0.5, 0.6) is 5.75 Å². The molecule has 1 aliphatic rings. The number of nitrogens with one attached hydrogen (secondary N) is 1. The maximum Gasteiger partial charge on any atom is 0.326 e. The van der Waals surface area contributed by atoms with E-state index in [2.05, 4.69) is 9.88 Å². The van der Waals surface area contributed by atoms with Crippen LogP contribution in [0, 0.1) is 0 Å². The Morgan fingerprint density at radius 2 is 1.68 bits per heavy atom. The molecule has 0 aliphatic carbocycles. The van der Waals surface area contributed by atoms with Gasteiger partial charge in [0.2, 0.25) is 10.0 Å². The van der Waals surface area contributed by atoms with E-state index in [9.17, 15) is 13.2 Å². The number of likely N-dealkylation sites (tertiary alicyclic amines) is 1. The van der Waals surface area contributed by atoms with Crippen LogP contribution in [0.3, 0.4) is 0 Å². The lowest BCUT2D eigenvalue weighted by Gasteiger charge is -2.32. The molecule has 0 amide bonds. The number of nitrogens with zero attached hydrogens (tertiary/aromatic N) is 3. The summed E-state index contributed by atoms with van der Waals surface area (Å²) in [4.78, 5) is 18.3. The number of para-hydroxylation sites is 3. The number of hydrogen-bond acceptors (Lipinski definition) is 5. The lowest BCUT2D eigenvalue weighted by molar-refractivity contribution is 0.157. The number of rotatable bonds is 11. The number of sulfonamides is 1. The van der Waals surface area contributed by atoms with Crippen molar-refractivity contribution in [3.05, 3.63) is 94.4 Å². The molecule has 0 radical (unpaired) electrons. The average Bonchev–Trinajstić information content (AvgIpc) is 3.30. The lowest BCUT2D eigenvalue weighted by Crippen LogP contribution is -2.38. The summed E-state index contributed by atoms with van der Waals surface area (Å²) in [6, 6.07) is 23.2. The molecule has 3 aromatic carbocycles. The van der Waals surface area contributed by atoms with Gasteiger partial charge in [-0.05, 0) is 54.3 Å². The molecule has 1 N–H and O–H groups in total. The Kier molecular flexibility index (Phi) is 8.73. The van der Waals surface area contributed by atoms with Crippen LogP contribution in [-0.4, -0.2) is 66.5 Å². The third-order valence-corrected chi connectivity index (χ3v) is 9.87. The summed E-state index contributed by atoms with van der Waals surface area (Å²) in [5.41, 5.74) is 3.79. The van der Waals surface area contributed by atoms with Gasteiger partial charge in [-0.1, -0.05) is 56.3 Å². The average molecular weight is 563 g/mol. The Labute approximate surface area is 236 Å². The number of H-pyrrole nitrogens is 1. The molecule has 1 fully saturated rings. The van der Waals surface area contributed by atoms with Gasteiger partial charge in [0.05, 0.1) is 15.9 Å². The second-order valence-corrected chi connectivity index (χ2v) is 12.2. The SMILES string of the molecule is CCN(CC)S(=O)(=O)c1cccc(Cc2ccccc2OCCN2CCC(n3c(=O)[nH]c4ccccc43)CC2)c1. The lowest BCUT2D eigenvalue weighted by atomic mass is 10.0. The zero-order valence-corrected chi connectivity index (χ0v) is 24.1. The minimum Gasteiger partial charge on any atom is -0.492 e. The van der Waals surface area contributed by atoms with Crippen LogP contribution in [0.4, 0.5) is 0 Å². The second-order valence-electron chi connectivity index (χ2n) is 10.3. The van der Waals surface area contributed by atoms with Crippen molar-refractivity contribution in [2.75, 3.05) is 39.3 Å². The van der Waals surface area contributed by atoms with Crippen LogP contribution in [0.2, 0.25) is 0 Å². The van der Waals surface area contributed by atoms with Crippen molar-refractivity contribution in [3.8, 4) is 5.75 Å². The van der Waals surface area contributed by atoms with Gasteiger partial charge in [0, 0.05) is 45.2 Å². The fraction of sp³-hybridized carbons (Fsp3) is 0.387. The molecule has 0 spiro atoms. The Balaban J connectivity index is 1.18. The zero-order chi connectivity index (χ0) is 28.1. The fourth-order valence-corrected chi connectivity index (χ4v) is 7.19. The van der Waals surface area contributed by atoms with Gasteiger partial charge in [-0.3, -0.25) is 9.47 Å². The van der Waals surface area contributed by atoms with Gasteiger partial charge < -0.3 is 9.72 Å². The smallest absolute Gasteiger partial charge is 0.326 e. The molecule has 9 heteroatoms. The summed E-state index contributed by atoms with van der Waals surface area (Å²) in [5, 5.41) is 0. The van der Waals surface area contributed by atoms with Crippen molar-refractivity contribution in [2.45, 2.75) is 44.0 Å². The van der Waals surface area contributed by atoms with E-state index in [1.165, 1.54) is 4.31 Å². The Hall–Kier alpha value is -3.40. The van der Waals surface area contributed by atoms with E-state index in [-0.39, 0.29) is 11.7 Å². The number of aromatic nitrogens is 2. The van der Waals surface area contributed by atoms with E-state index >= 15 is 0 Å². The highest BCUT2D eigenvalue weighted by atomic mass is 32.2. The van der Waals surface area contributed by atoms with Crippen molar-refractivity contribution >= 4 is 21.1 Å². The topological polar surface area (TPSA) is 87.6 Å². The standard InChI is InChI=1S/C31H38N4O4S/c1-3-34(4-2)40(37,38)27-12-9-10-24(23-27)22-25-11-5-8-15-30(25)39-21-20-33-18-16-26(17-19-33)35-29-14-7-6-13-28(29)32-31(35)36/h5-15,23,26H,3-4,16-22H2,1-2H3,(H,32,36). The summed E-state index contributed by atoms with van der Waals surface area (Å²) < 4.78 is 35.6. The number of fused-ring (bicyclic) bond motifs is 1. The second kappa shape index (κ2) is 12.4. The maximum atomic E-state index is 13.0. The molecule has 5 rings (SSSR count). The van der Waals surface area contributed by atoms with Crippen molar-refractivity contribution in [2.24, 2.45) is 0 Å². The summed E-state index contributed by atoms with van der Waals surface area (Å²) in [5.74, 6) is 0.819. The van der Waals surface area contributed by atoms with Gasteiger partial charge in [0.1, 0.15) is 12.4 Å². The zero-order valence-electron chi connectivity index (χ0n) is 23.3. The van der Waals surface area contributed by atoms with Gasteiger partial charge in [-0.25, -0.2) is 13.2 Å². The molecule has 40 heavy (non-hydrogen) atoms. The number of piperidine rings is 1. The Bertz CT molecular complexity index is 1600. The van der Waals surface area contributed by atoms with Crippen LogP contribution in [-0.2, 0) is 16.4 Å². The van der Waals surface area contributed by atoms with Crippen LogP contribution in [0.25, 0.3) is 11.0 Å². The first-order valence-corrected chi connectivity index (χ1v) is 15.6. The fourth-order valence-electron chi connectivity index (χ4n) is 5.66. The number of benzene rings is 3. The molecule has 1 aromatic heterocycles. The third kappa shape index (κ3) is 6.01. The van der Waals surface area contributed by atoms with Gasteiger partial charge in [-0.15, -0.1) is 0 Å². The van der Waals surface area contributed by atoms with Crippen molar-refractivity contribution in [1.29, 1.82) is 0 Å². The number of imidazole rings is 1. The van der Waals surface area contributed by atoms with Gasteiger partial charge in [0.15, 0.2) is 0 Å². The summed E-state index contributed by atoms with van der Waals surface area (Å²) in [7, 11) is -3.51. The Morgan fingerprint density at radius 3 is 2.45 bits per heavy atom. The predicted molar refractivity (Wildman–Crippen MR) is 159 cm³/mol. The molecule has 0 saturated carbocycles. The van der Waals surface area contributed by atoms with Crippen LogP contribution in [0.1, 0.15) is 43.9 Å².